The summed E-state index contributed by atoms with van der Waals surface area (Å²) in [6.07, 6.45) is 5.71. The molecule has 0 aliphatic heterocycles. The van der Waals surface area contributed by atoms with Crippen LogP contribution in [0.3, 0.4) is 0 Å². The maximum atomic E-state index is 9.23. The van der Waals surface area contributed by atoms with Crippen LogP contribution in [-0.4, -0.2) is 14.1 Å². The first-order chi connectivity index (χ1) is 35.9. The van der Waals surface area contributed by atoms with E-state index in [0.717, 1.165) is 77.7 Å². The van der Waals surface area contributed by atoms with Crippen LogP contribution in [0.15, 0.2) is 200 Å². The van der Waals surface area contributed by atoms with Gasteiger partial charge in [-0.05, 0) is 104 Å². The smallest absolute Gasteiger partial charge is 0.269 e. The summed E-state index contributed by atoms with van der Waals surface area (Å²) in [7, 11) is 0. The van der Waals surface area contributed by atoms with Gasteiger partial charge in [0.2, 0.25) is 0 Å². The predicted octanol–water partition coefficient (Wildman–Crippen LogP) is 16.7. The van der Waals surface area contributed by atoms with E-state index in [9.17, 15) is 2.74 Å². The van der Waals surface area contributed by atoms with Gasteiger partial charge in [0.15, 0.2) is 0 Å². The van der Waals surface area contributed by atoms with E-state index in [1.165, 1.54) is 5.56 Å². The third-order valence-corrected chi connectivity index (χ3v) is 13.4. The highest BCUT2D eigenvalue weighted by Gasteiger charge is 2.25. The number of pyridine rings is 1. The summed E-state index contributed by atoms with van der Waals surface area (Å²) in [6, 6.07) is 54.0. The molecule has 0 fully saturated rings. The number of aromatic nitrogens is 4. The molecule has 11 aromatic rings. The Morgan fingerprint density at radius 3 is 1.93 bits per heavy atom. The first-order valence-corrected chi connectivity index (χ1v) is 24.1. The van der Waals surface area contributed by atoms with E-state index in [4.69, 9.17) is 13.8 Å². The molecule has 0 spiro atoms. The molecule has 70 heavy (non-hydrogen) atoms. The van der Waals surface area contributed by atoms with E-state index in [2.05, 4.69) is 157 Å². The van der Waals surface area contributed by atoms with Crippen LogP contribution in [0.25, 0.3) is 83.4 Å². The van der Waals surface area contributed by atoms with Gasteiger partial charge >= 0.3 is 0 Å². The van der Waals surface area contributed by atoms with Gasteiger partial charge in [0.1, 0.15) is 17.3 Å². The SMILES string of the molecule is [2H]c1c([2H])c([2H])c(-c2cccc(-c3cc(C(C)(C)C)cc(C(C)(C)C)c3)c2-[n+]2[c-]n(-c3cccc(Oc4ccc5c6ccccc6n(-c6cc(C(C)C)c(-c7ccccc7)cn6)c5c4)c3)c3ccccc32)c([2H])c1[2H]. The Morgan fingerprint density at radius 2 is 1.20 bits per heavy atom. The standard InChI is InChI=1S/C65H58N4O/c1-43(2)56-40-62(66-41-57(56)45-23-13-10-14-24-45)69-58-30-16-15-27-54(58)55-34-33-51(39-61(55)69)70-50-26-19-25-49(38-50)67-42-68(60-32-18-17-31-59(60)67)63-52(44-21-11-9-12-22-44)28-20-29-53(63)46-35-47(64(3,4)5)37-48(36-46)65(6,7)8/h9-41,43H,1-8H3/i9D,11D,12D,21D,22D. The fourth-order valence-corrected chi connectivity index (χ4v) is 9.67. The van der Waals surface area contributed by atoms with Gasteiger partial charge in [-0.1, -0.05) is 201 Å². The average Bonchev–Trinajstić information content (AvgIpc) is 3.95. The van der Waals surface area contributed by atoms with Crippen molar-refractivity contribution in [3.63, 3.8) is 0 Å². The summed E-state index contributed by atoms with van der Waals surface area (Å²) in [5, 5.41) is 2.21. The van der Waals surface area contributed by atoms with Crippen molar-refractivity contribution < 1.29 is 16.2 Å². The quantitative estimate of drug-likeness (QED) is 0.107. The van der Waals surface area contributed by atoms with E-state index in [0.29, 0.717) is 22.7 Å². The molecule has 0 saturated heterocycles. The molecule has 3 heterocycles. The summed E-state index contributed by atoms with van der Waals surface area (Å²) < 4.78 is 57.5. The lowest BCUT2D eigenvalue weighted by atomic mass is 9.78. The lowest BCUT2D eigenvalue weighted by Gasteiger charge is -2.27. The van der Waals surface area contributed by atoms with Crippen molar-refractivity contribution in [1.82, 2.24) is 14.1 Å². The Hall–Kier alpha value is -8.02. The molecule has 0 amide bonds. The molecule has 11 rings (SSSR count). The third-order valence-electron chi connectivity index (χ3n) is 13.4. The molecule has 5 nitrogen and oxygen atoms in total. The number of para-hydroxylation sites is 4. The minimum absolute atomic E-state index is 0.116. The number of hydrogen-bond donors (Lipinski definition) is 0. The van der Waals surface area contributed by atoms with E-state index in [-0.39, 0.29) is 34.4 Å². The highest BCUT2D eigenvalue weighted by atomic mass is 16.5. The summed E-state index contributed by atoms with van der Waals surface area (Å²) in [5.41, 5.74) is 12.9. The Kier molecular flexibility index (Phi) is 9.72. The summed E-state index contributed by atoms with van der Waals surface area (Å²) >= 11 is 0. The second kappa shape index (κ2) is 17.5. The fraction of sp³-hybridized carbons (Fsp3) is 0.169. The van der Waals surface area contributed by atoms with Gasteiger partial charge in [-0.15, -0.1) is 0 Å². The van der Waals surface area contributed by atoms with Crippen LogP contribution in [-0.2, 0) is 10.8 Å². The Balaban J connectivity index is 1.06. The van der Waals surface area contributed by atoms with Crippen molar-refractivity contribution >= 4 is 32.8 Å². The number of fused-ring (bicyclic) bond motifs is 4. The van der Waals surface area contributed by atoms with Crippen LogP contribution in [0.4, 0.5) is 0 Å². The number of nitrogens with zero attached hydrogens (tertiary/aromatic N) is 4. The van der Waals surface area contributed by atoms with Crippen molar-refractivity contribution in [3.05, 3.63) is 223 Å². The highest BCUT2D eigenvalue weighted by molar-refractivity contribution is 6.09. The maximum Gasteiger partial charge on any atom is 0.269 e. The third kappa shape index (κ3) is 8.15. The van der Waals surface area contributed by atoms with Gasteiger partial charge in [0, 0.05) is 28.6 Å². The molecular formula is C65H58N4O. The first-order valence-electron chi connectivity index (χ1n) is 26.6. The maximum absolute atomic E-state index is 9.23. The molecule has 3 aromatic heterocycles. The normalized spacial score (nSPS) is 13.1. The van der Waals surface area contributed by atoms with E-state index >= 15 is 0 Å². The van der Waals surface area contributed by atoms with Crippen molar-refractivity contribution in [2.24, 2.45) is 0 Å². The van der Waals surface area contributed by atoms with Crippen molar-refractivity contribution in [1.29, 1.82) is 0 Å². The fourth-order valence-electron chi connectivity index (χ4n) is 9.67. The van der Waals surface area contributed by atoms with Crippen LogP contribution in [0.5, 0.6) is 11.5 Å². The monoisotopic (exact) mass is 915 g/mol. The van der Waals surface area contributed by atoms with Crippen molar-refractivity contribution in [2.45, 2.75) is 72.1 Å². The van der Waals surface area contributed by atoms with E-state index in [1.54, 1.807) is 0 Å². The topological polar surface area (TPSA) is 35.9 Å². The summed E-state index contributed by atoms with van der Waals surface area (Å²) in [5.74, 6) is 2.37. The average molecular weight is 916 g/mol. The van der Waals surface area contributed by atoms with Crippen LogP contribution in [0, 0.1) is 6.33 Å². The van der Waals surface area contributed by atoms with Gasteiger partial charge in [0.05, 0.1) is 40.3 Å². The first kappa shape index (κ1) is 38.9. The van der Waals surface area contributed by atoms with Crippen LogP contribution in [0.2, 0.25) is 0 Å². The number of benzene rings is 8. The van der Waals surface area contributed by atoms with Gasteiger partial charge in [0.25, 0.3) is 6.33 Å². The Morgan fingerprint density at radius 1 is 0.557 bits per heavy atom. The van der Waals surface area contributed by atoms with Crippen molar-refractivity contribution in [2.75, 3.05) is 0 Å². The lowest BCUT2D eigenvalue weighted by Crippen LogP contribution is -2.31. The molecule has 0 aliphatic rings. The number of rotatable bonds is 9. The van der Waals surface area contributed by atoms with Crippen LogP contribution < -0.4 is 9.30 Å². The number of imidazole rings is 1. The van der Waals surface area contributed by atoms with Gasteiger partial charge in [-0.2, -0.15) is 0 Å². The minimum Gasteiger partial charge on any atom is -0.458 e. The molecule has 0 N–H and O–H groups in total. The zero-order valence-electron chi connectivity index (χ0n) is 45.9. The van der Waals surface area contributed by atoms with Gasteiger partial charge in [-0.3, -0.25) is 13.7 Å². The largest absolute Gasteiger partial charge is 0.458 e. The molecule has 5 heteroatoms. The molecule has 344 valence electrons. The van der Waals surface area contributed by atoms with Gasteiger partial charge < -0.3 is 4.74 Å². The van der Waals surface area contributed by atoms with Crippen LogP contribution in [0.1, 0.15) is 84.9 Å². The second-order valence-corrected chi connectivity index (χ2v) is 20.5. The Labute approximate surface area is 419 Å². The molecular weight excluding hydrogens is 853 g/mol. The van der Waals surface area contributed by atoms with E-state index < -0.39 is 18.1 Å². The minimum atomic E-state index is -0.439. The molecule has 0 saturated carbocycles. The summed E-state index contributed by atoms with van der Waals surface area (Å²) in [4.78, 5) is 5.11. The summed E-state index contributed by atoms with van der Waals surface area (Å²) in [6.45, 7) is 17.7. The number of ether oxygens (including phenoxy) is 1. The zero-order valence-corrected chi connectivity index (χ0v) is 40.9. The molecule has 0 unspecified atom stereocenters. The van der Waals surface area contributed by atoms with Crippen LogP contribution >= 0.6 is 0 Å². The van der Waals surface area contributed by atoms with Gasteiger partial charge in [-0.25, -0.2) is 4.98 Å². The zero-order chi connectivity index (χ0) is 52.7. The molecule has 0 aliphatic carbocycles. The van der Waals surface area contributed by atoms with Crippen molar-refractivity contribution in [3.8, 4) is 62.1 Å². The molecule has 0 bridgehead atoms. The Bertz CT molecular complexity index is 3990. The second-order valence-electron chi connectivity index (χ2n) is 20.5. The number of hydrogen-bond acceptors (Lipinski definition) is 2. The molecule has 0 atom stereocenters. The molecule has 0 radical (unpaired) electrons. The predicted molar refractivity (Wildman–Crippen MR) is 290 cm³/mol. The molecule has 8 aromatic carbocycles. The van der Waals surface area contributed by atoms with E-state index in [1.807, 2.05) is 88.1 Å². The lowest BCUT2D eigenvalue weighted by molar-refractivity contribution is -0.571. The highest BCUT2D eigenvalue weighted by Crippen LogP contribution is 2.41.